The lowest BCUT2D eigenvalue weighted by molar-refractivity contribution is 0.367. The van der Waals surface area contributed by atoms with Gasteiger partial charge in [-0.05, 0) is 44.0 Å². The number of rotatable bonds is 5. The van der Waals surface area contributed by atoms with Crippen molar-refractivity contribution in [2.45, 2.75) is 19.3 Å². The van der Waals surface area contributed by atoms with Crippen LogP contribution in [0.15, 0.2) is 0 Å². The fourth-order valence-corrected chi connectivity index (χ4v) is 2.48. The van der Waals surface area contributed by atoms with Gasteiger partial charge in [0.15, 0.2) is 0 Å². The zero-order valence-corrected chi connectivity index (χ0v) is 8.54. The molecule has 1 rings (SSSR count). The van der Waals surface area contributed by atoms with Gasteiger partial charge in [0.1, 0.15) is 0 Å². The van der Waals surface area contributed by atoms with Crippen molar-refractivity contribution in [1.29, 1.82) is 0 Å². The summed E-state index contributed by atoms with van der Waals surface area (Å²) < 4.78 is 0. The summed E-state index contributed by atoms with van der Waals surface area (Å²) in [5, 5.41) is 3.39. The highest BCUT2D eigenvalue weighted by atomic mass is 32.2. The molecule has 1 aliphatic heterocycles. The number of piperidine rings is 1. The molecule has 0 bridgehead atoms. The third kappa shape index (κ3) is 4.33. The van der Waals surface area contributed by atoms with Gasteiger partial charge in [-0.3, -0.25) is 0 Å². The molecule has 2 nitrogen and oxygen atoms in total. The van der Waals surface area contributed by atoms with E-state index in [1.165, 1.54) is 38.1 Å². The number of hydrogen-bond acceptors (Lipinski definition) is 3. The molecule has 0 unspecified atom stereocenters. The standard InChI is InChI=1S/C9H20N2S/c10-4-8-12-7-3-9-1-5-11-6-2-9/h9,11H,1-8,10H2. The average Bonchev–Trinajstić information content (AvgIpc) is 2.14. The molecule has 1 fully saturated rings. The van der Waals surface area contributed by atoms with Crippen molar-refractivity contribution in [2.24, 2.45) is 11.7 Å². The molecule has 0 atom stereocenters. The summed E-state index contributed by atoms with van der Waals surface area (Å²) in [6, 6.07) is 0. The van der Waals surface area contributed by atoms with Crippen LogP contribution in [0.2, 0.25) is 0 Å². The minimum Gasteiger partial charge on any atom is -0.330 e. The zero-order chi connectivity index (χ0) is 8.65. The Balaban J connectivity index is 1.91. The summed E-state index contributed by atoms with van der Waals surface area (Å²) in [5.41, 5.74) is 5.42. The third-order valence-corrected chi connectivity index (χ3v) is 3.44. The van der Waals surface area contributed by atoms with Crippen molar-refractivity contribution < 1.29 is 0 Å². The minimum absolute atomic E-state index is 0.830. The quantitative estimate of drug-likeness (QED) is 0.634. The Morgan fingerprint density at radius 3 is 2.67 bits per heavy atom. The molecule has 3 N–H and O–H groups in total. The van der Waals surface area contributed by atoms with E-state index in [-0.39, 0.29) is 0 Å². The smallest absolute Gasteiger partial charge is 0.00558 e. The largest absolute Gasteiger partial charge is 0.330 e. The molecular formula is C9H20N2S. The maximum absolute atomic E-state index is 5.42. The summed E-state index contributed by atoms with van der Waals surface area (Å²) in [6.45, 7) is 3.29. The molecular weight excluding hydrogens is 168 g/mol. The molecule has 0 aliphatic carbocycles. The van der Waals surface area contributed by atoms with E-state index in [1.54, 1.807) is 0 Å². The van der Waals surface area contributed by atoms with Crippen LogP contribution >= 0.6 is 11.8 Å². The van der Waals surface area contributed by atoms with E-state index in [1.807, 2.05) is 11.8 Å². The summed E-state index contributed by atoms with van der Waals surface area (Å²) in [6.07, 6.45) is 4.15. The first-order chi connectivity index (χ1) is 5.93. The Morgan fingerprint density at radius 1 is 1.25 bits per heavy atom. The molecule has 1 saturated heterocycles. The molecule has 0 aromatic rings. The Bertz CT molecular complexity index is 103. The Labute approximate surface area is 79.7 Å². The number of thioether (sulfide) groups is 1. The normalized spacial score (nSPS) is 19.8. The SMILES string of the molecule is NCCSCCC1CCNCC1. The van der Waals surface area contributed by atoms with Gasteiger partial charge in [0.05, 0.1) is 0 Å². The van der Waals surface area contributed by atoms with Gasteiger partial charge >= 0.3 is 0 Å². The minimum atomic E-state index is 0.830. The van der Waals surface area contributed by atoms with Gasteiger partial charge in [0, 0.05) is 12.3 Å². The van der Waals surface area contributed by atoms with Crippen LogP contribution in [-0.2, 0) is 0 Å². The lowest BCUT2D eigenvalue weighted by Gasteiger charge is -2.22. The van der Waals surface area contributed by atoms with Crippen molar-refractivity contribution in [3.8, 4) is 0 Å². The zero-order valence-electron chi connectivity index (χ0n) is 7.72. The van der Waals surface area contributed by atoms with Gasteiger partial charge < -0.3 is 11.1 Å². The predicted molar refractivity (Wildman–Crippen MR) is 56.6 cm³/mol. The van der Waals surface area contributed by atoms with E-state index in [9.17, 15) is 0 Å². The van der Waals surface area contributed by atoms with Crippen molar-refractivity contribution in [3.63, 3.8) is 0 Å². The maximum atomic E-state index is 5.42. The van der Waals surface area contributed by atoms with Crippen LogP contribution in [0.3, 0.4) is 0 Å². The summed E-state index contributed by atoms with van der Waals surface area (Å²) in [7, 11) is 0. The summed E-state index contributed by atoms with van der Waals surface area (Å²) in [5.74, 6) is 3.42. The molecule has 0 aromatic carbocycles. The predicted octanol–water partition coefficient (Wildman–Crippen LogP) is 1.07. The van der Waals surface area contributed by atoms with Gasteiger partial charge in [-0.15, -0.1) is 0 Å². The Morgan fingerprint density at radius 2 is 2.00 bits per heavy atom. The van der Waals surface area contributed by atoms with Gasteiger partial charge in [0.25, 0.3) is 0 Å². The molecule has 12 heavy (non-hydrogen) atoms. The second kappa shape index (κ2) is 6.75. The van der Waals surface area contributed by atoms with E-state index >= 15 is 0 Å². The fourth-order valence-electron chi connectivity index (χ4n) is 1.61. The highest BCUT2D eigenvalue weighted by molar-refractivity contribution is 7.99. The monoisotopic (exact) mass is 188 g/mol. The fraction of sp³-hybridized carbons (Fsp3) is 1.00. The molecule has 3 heteroatoms. The summed E-state index contributed by atoms with van der Waals surface area (Å²) >= 11 is 2.00. The van der Waals surface area contributed by atoms with E-state index < -0.39 is 0 Å². The average molecular weight is 188 g/mol. The molecule has 0 amide bonds. The van der Waals surface area contributed by atoms with E-state index in [2.05, 4.69) is 5.32 Å². The topological polar surface area (TPSA) is 38.0 Å². The van der Waals surface area contributed by atoms with Gasteiger partial charge in [-0.25, -0.2) is 0 Å². The van der Waals surface area contributed by atoms with Crippen LogP contribution < -0.4 is 11.1 Å². The van der Waals surface area contributed by atoms with Crippen LogP contribution in [0.5, 0.6) is 0 Å². The third-order valence-electron chi connectivity index (χ3n) is 2.39. The molecule has 0 aromatic heterocycles. The number of hydrogen-bond donors (Lipinski definition) is 2. The highest BCUT2D eigenvalue weighted by Crippen LogP contribution is 2.18. The first-order valence-electron chi connectivity index (χ1n) is 4.92. The molecule has 0 spiro atoms. The highest BCUT2D eigenvalue weighted by Gasteiger charge is 2.11. The lowest BCUT2D eigenvalue weighted by Crippen LogP contribution is -2.27. The van der Waals surface area contributed by atoms with Crippen LogP contribution in [-0.4, -0.2) is 31.1 Å². The van der Waals surface area contributed by atoms with E-state index in [4.69, 9.17) is 5.73 Å². The van der Waals surface area contributed by atoms with E-state index in [0.29, 0.717) is 0 Å². The van der Waals surface area contributed by atoms with Crippen molar-refractivity contribution in [2.75, 3.05) is 31.1 Å². The lowest BCUT2D eigenvalue weighted by atomic mass is 9.96. The van der Waals surface area contributed by atoms with E-state index in [0.717, 1.165) is 18.2 Å². The van der Waals surface area contributed by atoms with Crippen LogP contribution in [0, 0.1) is 5.92 Å². The van der Waals surface area contributed by atoms with Gasteiger partial charge in [-0.1, -0.05) is 0 Å². The summed E-state index contributed by atoms with van der Waals surface area (Å²) in [4.78, 5) is 0. The Hall–Kier alpha value is 0.270. The van der Waals surface area contributed by atoms with Crippen molar-refractivity contribution in [1.82, 2.24) is 5.32 Å². The second-order valence-electron chi connectivity index (χ2n) is 3.38. The number of nitrogens with one attached hydrogen (secondary N) is 1. The van der Waals surface area contributed by atoms with Crippen molar-refractivity contribution in [3.05, 3.63) is 0 Å². The molecule has 0 radical (unpaired) electrons. The first-order valence-corrected chi connectivity index (χ1v) is 6.07. The van der Waals surface area contributed by atoms with Crippen molar-refractivity contribution >= 4 is 11.8 Å². The molecule has 1 heterocycles. The van der Waals surface area contributed by atoms with Crippen LogP contribution in [0.25, 0.3) is 0 Å². The van der Waals surface area contributed by atoms with Gasteiger partial charge in [0.2, 0.25) is 0 Å². The maximum Gasteiger partial charge on any atom is 0.00558 e. The molecule has 1 aliphatic rings. The van der Waals surface area contributed by atoms with Gasteiger partial charge in [-0.2, -0.15) is 11.8 Å². The van der Waals surface area contributed by atoms with Crippen LogP contribution in [0.4, 0.5) is 0 Å². The Kier molecular flexibility index (Phi) is 5.82. The molecule has 72 valence electrons. The second-order valence-corrected chi connectivity index (χ2v) is 4.61. The molecule has 0 saturated carbocycles. The number of nitrogens with two attached hydrogens (primary N) is 1. The van der Waals surface area contributed by atoms with Crippen LogP contribution in [0.1, 0.15) is 19.3 Å². The first kappa shape index (κ1) is 10.4.